The Kier molecular flexibility index (Phi) is 2.40. The summed E-state index contributed by atoms with van der Waals surface area (Å²) < 4.78 is 0. The van der Waals surface area contributed by atoms with Crippen LogP contribution >= 0.6 is 0 Å². The lowest BCUT2D eigenvalue weighted by Gasteiger charge is -1.99. The van der Waals surface area contributed by atoms with E-state index >= 15 is 0 Å². The number of hydrogen-bond acceptors (Lipinski definition) is 4. The van der Waals surface area contributed by atoms with Crippen LogP contribution in [0.1, 0.15) is 5.56 Å². The molecule has 0 radical (unpaired) electrons. The SMILES string of the molecule is Nc1cnn(CCc2cccnc2)n1. The van der Waals surface area contributed by atoms with Crippen molar-refractivity contribution in [3.8, 4) is 0 Å². The summed E-state index contributed by atoms with van der Waals surface area (Å²) >= 11 is 0. The lowest BCUT2D eigenvalue weighted by atomic mass is 10.2. The number of rotatable bonds is 3. The fourth-order valence-electron chi connectivity index (χ4n) is 1.19. The third kappa shape index (κ3) is 2.07. The molecule has 0 atom stereocenters. The van der Waals surface area contributed by atoms with Gasteiger partial charge in [0.25, 0.3) is 0 Å². The summed E-state index contributed by atoms with van der Waals surface area (Å²) in [5.74, 6) is 0.455. The van der Waals surface area contributed by atoms with Gasteiger partial charge in [0.15, 0.2) is 5.82 Å². The summed E-state index contributed by atoms with van der Waals surface area (Å²) in [6, 6.07) is 3.94. The molecule has 2 aromatic heterocycles. The molecule has 0 bridgehead atoms. The van der Waals surface area contributed by atoms with E-state index in [4.69, 9.17) is 5.73 Å². The van der Waals surface area contributed by atoms with Gasteiger partial charge in [-0.1, -0.05) is 6.07 Å². The van der Waals surface area contributed by atoms with Gasteiger partial charge in [0.2, 0.25) is 0 Å². The van der Waals surface area contributed by atoms with Crippen LogP contribution in [0.3, 0.4) is 0 Å². The fraction of sp³-hybridized carbons (Fsp3) is 0.222. The van der Waals surface area contributed by atoms with Gasteiger partial charge in [0.1, 0.15) is 0 Å². The number of pyridine rings is 1. The minimum atomic E-state index is 0.455. The van der Waals surface area contributed by atoms with Crippen molar-refractivity contribution in [3.63, 3.8) is 0 Å². The molecule has 2 N–H and O–H groups in total. The van der Waals surface area contributed by atoms with E-state index in [-0.39, 0.29) is 0 Å². The lowest BCUT2D eigenvalue weighted by molar-refractivity contribution is 0.538. The molecular weight excluding hydrogens is 178 g/mol. The molecule has 2 heterocycles. The van der Waals surface area contributed by atoms with E-state index in [1.807, 2.05) is 18.3 Å². The molecule has 0 amide bonds. The Labute approximate surface area is 81.6 Å². The molecule has 0 aromatic carbocycles. The molecule has 14 heavy (non-hydrogen) atoms. The highest BCUT2D eigenvalue weighted by Gasteiger charge is 1.97. The van der Waals surface area contributed by atoms with Crippen LogP contribution in [0.2, 0.25) is 0 Å². The van der Waals surface area contributed by atoms with Gasteiger partial charge in [-0.15, -0.1) is 5.10 Å². The van der Waals surface area contributed by atoms with E-state index in [2.05, 4.69) is 15.2 Å². The minimum Gasteiger partial charge on any atom is -0.381 e. The largest absolute Gasteiger partial charge is 0.381 e. The summed E-state index contributed by atoms with van der Waals surface area (Å²) in [5.41, 5.74) is 6.61. The second-order valence-electron chi connectivity index (χ2n) is 2.98. The van der Waals surface area contributed by atoms with Crippen LogP contribution in [-0.4, -0.2) is 20.0 Å². The maximum atomic E-state index is 5.44. The zero-order valence-electron chi connectivity index (χ0n) is 7.67. The van der Waals surface area contributed by atoms with Crippen molar-refractivity contribution in [1.29, 1.82) is 0 Å². The van der Waals surface area contributed by atoms with E-state index < -0.39 is 0 Å². The van der Waals surface area contributed by atoms with Gasteiger partial charge in [-0.2, -0.15) is 9.90 Å². The first-order chi connectivity index (χ1) is 6.84. The maximum Gasteiger partial charge on any atom is 0.165 e. The molecule has 0 aliphatic rings. The highest BCUT2D eigenvalue weighted by atomic mass is 15.5. The zero-order valence-corrected chi connectivity index (χ0v) is 7.67. The molecule has 0 aliphatic heterocycles. The first-order valence-electron chi connectivity index (χ1n) is 4.39. The van der Waals surface area contributed by atoms with Crippen molar-refractivity contribution >= 4 is 5.82 Å². The highest BCUT2D eigenvalue weighted by molar-refractivity contribution is 5.19. The third-order valence-corrected chi connectivity index (χ3v) is 1.88. The summed E-state index contributed by atoms with van der Waals surface area (Å²) in [5, 5.41) is 7.98. The third-order valence-electron chi connectivity index (χ3n) is 1.88. The van der Waals surface area contributed by atoms with E-state index in [1.54, 1.807) is 17.2 Å². The average molecular weight is 189 g/mol. The van der Waals surface area contributed by atoms with Gasteiger partial charge in [0.05, 0.1) is 12.7 Å². The molecule has 72 valence electrons. The molecule has 0 saturated carbocycles. The number of anilines is 1. The number of nitrogen functional groups attached to an aromatic ring is 1. The number of aromatic nitrogens is 4. The van der Waals surface area contributed by atoms with Crippen LogP contribution in [0.15, 0.2) is 30.7 Å². The predicted octanol–water partition coefficient (Wildman–Crippen LogP) is 0.498. The van der Waals surface area contributed by atoms with Crippen molar-refractivity contribution in [2.75, 3.05) is 5.73 Å². The van der Waals surface area contributed by atoms with Gasteiger partial charge in [-0.3, -0.25) is 4.98 Å². The number of aryl methyl sites for hydroxylation is 2. The normalized spacial score (nSPS) is 10.3. The minimum absolute atomic E-state index is 0.455. The second kappa shape index (κ2) is 3.87. The topological polar surface area (TPSA) is 69.6 Å². The standard InChI is InChI=1S/C9H11N5/c10-9-7-12-14(13-9)5-3-8-2-1-4-11-6-8/h1-2,4,6-7H,3,5H2,(H2,10,13). The molecular formula is C9H11N5. The Morgan fingerprint density at radius 1 is 1.36 bits per heavy atom. The van der Waals surface area contributed by atoms with E-state index in [0.717, 1.165) is 13.0 Å². The van der Waals surface area contributed by atoms with Crippen molar-refractivity contribution in [2.24, 2.45) is 0 Å². The van der Waals surface area contributed by atoms with Gasteiger partial charge in [-0.25, -0.2) is 0 Å². The lowest BCUT2D eigenvalue weighted by Crippen LogP contribution is -2.05. The number of nitrogens with two attached hydrogens (primary N) is 1. The van der Waals surface area contributed by atoms with Crippen molar-refractivity contribution in [1.82, 2.24) is 20.0 Å². The quantitative estimate of drug-likeness (QED) is 0.763. The summed E-state index contributed by atoms with van der Waals surface area (Å²) in [6.07, 6.45) is 6.01. The fourth-order valence-corrected chi connectivity index (χ4v) is 1.19. The highest BCUT2D eigenvalue weighted by Crippen LogP contribution is 1.99. The Morgan fingerprint density at radius 3 is 2.93 bits per heavy atom. The van der Waals surface area contributed by atoms with Gasteiger partial charge in [-0.05, 0) is 18.1 Å². The van der Waals surface area contributed by atoms with Crippen LogP contribution < -0.4 is 5.73 Å². The van der Waals surface area contributed by atoms with E-state index in [1.165, 1.54) is 5.56 Å². The monoisotopic (exact) mass is 189 g/mol. The molecule has 2 rings (SSSR count). The van der Waals surface area contributed by atoms with Crippen LogP contribution in [0.4, 0.5) is 5.82 Å². The van der Waals surface area contributed by atoms with E-state index in [0.29, 0.717) is 5.82 Å². The first-order valence-corrected chi connectivity index (χ1v) is 4.39. The van der Waals surface area contributed by atoms with Crippen LogP contribution in [0.5, 0.6) is 0 Å². The van der Waals surface area contributed by atoms with Crippen molar-refractivity contribution < 1.29 is 0 Å². The van der Waals surface area contributed by atoms with Crippen molar-refractivity contribution in [2.45, 2.75) is 13.0 Å². The van der Waals surface area contributed by atoms with Crippen molar-refractivity contribution in [3.05, 3.63) is 36.3 Å². The van der Waals surface area contributed by atoms with Crippen LogP contribution in [-0.2, 0) is 13.0 Å². The summed E-state index contributed by atoms with van der Waals surface area (Å²) in [7, 11) is 0. The molecule has 5 heteroatoms. The van der Waals surface area contributed by atoms with Gasteiger partial charge < -0.3 is 5.73 Å². The molecule has 0 fully saturated rings. The van der Waals surface area contributed by atoms with Gasteiger partial charge in [0, 0.05) is 12.4 Å². The van der Waals surface area contributed by atoms with Gasteiger partial charge >= 0.3 is 0 Å². The molecule has 0 aliphatic carbocycles. The van der Waals surface area contributed by atoms with E-state index in [9.17, 15) is 0 Å². The summed E-state index contributed by atoms with van der Waals surface area (Å²) in [6.45, 7) is 0.725. The first kappa shape index (κ1) is 8.68. The number of hydrogen-bond donors (Lipinski definition) is 1. The molecule has 0 spiro atoms. The predicted molar refractivity (Wildman–Crippen MR) is 52.4 cm³/mol. The average Bonchev–Trinajstić information content (AvgIpc) is 2.63. The molecule has 2 aromatic rings. The zero-order chi connectivity index (χ0) is 9.80. The Balaban J connectivity index is 1.95. The van der Waals surface area contributed by atoms with Crippen LogP contribution in [0, 0.1) is 0 Å². The summed E-state index contributed by atoms with van der Waals surface area (Å²) in [4.78, 5) is 5.61. The smallest absolute Gasteiger partial charge is 0.165 e. The Morgan fingerprint density at radius 2 is 2.29 bits per heavy atom. The van der Waals surface area contributed by atoms with Crippen LogP contribution in [0.25, 0.3) is 0 Å². The molecule has 0 saturated heterocycles. The Bertz CT molecular complexity index is 395. The maximum absolute atomic E-state index is 5.44. The molecule has 5 nitrogen and oxygen atoms in total. The number of nitrogens with zero attached hydrogens (tertiary/aromatic N) is 4. The molecule has 0 unspecified atom stereocenters. The Hall–Kier alpha value is -1.91. The second-order valence-corrected chi connectivity index (χ2v) is 2.98.